The molecule has 0 saturated heterocycles. The average molecular weight is 427 g/mol. The first kappa shape index (κ1) is 19.6. The van der Waals surface area contributed by atoms with Crippen LogP contribution in [0.5, 0.6) is 0 Å². The number of pyridine rings is 2. The zero-order valence-corrected chi connectivity index (χ0v) is 16.6. The quantitative estimate of drug-likeness (QED) is 0.589. The topological polar surface area (TPSA) is 146 Å². The predicted molar refractivity (Wildman–Crippen MR) is 111 cm³/mol. The van der Waals surface area contributed by atoms with Crippen molar-refractivity contribution in [1.29, 1.82) is 0 Å². The van der Waals surface area contributed by atoms with Crippen molar-refractivity contribution in [1.82, 2.24) is 9.55 Å². The molecule has 0 fully saturated rings. The molecule has 154 valence electrons. The van der Waals surface area contributed by atoms with Gasteiger partial charge < -0.3 is 15.8 Å². The van der Waals surface area contributed by atoms with E-state index in [2.05, 4.69) is 14.7 Å². The van der Waals surface area contributed by atoms with Crippen molar-refractivity contribution in [3.63, 3.8) is 0 Å². The van der Waals surface area contributed by atoms with Gasteiger partial charge in [0.1, 0.15) is 22.7 Å². The molecule has 0 radical (unpaired) electrons. The molecule has 4 rings (SSSR count). The third-order valence-electron chi connectivity index (χ3n) is 4.52. The summed E-state index contributed by atoms with van der Waals surface area (Å²) in [4.78, 5) is 29.5. The summed E-state index contributed by atoms with van der Waals surface area (Å²) in [5, 5.41) is 3.23. The summed E-state index contributed by atoms with van der Waals surface area (Å²) in [5.74, 6) is -0.863. The molecule has 0 spiro atoms. The van der Waals surface area contributed by atoms with Crippen LogP contribution < -0.4 is 16.6 Å². The molecule has 3 aromatic rings. The zero-order chi connectivity index (χ0) is 21.5. The molecule has 30 heavy (non-hydrogen) atoms. The van der Waals surface area contributed by atoms with Crippen molar-refractivity contribution in [2.24, 2.45) is 4.40 Å². The highest BCUT2D eigenvalue weighted by Gasteiger charge is 2.29. The number of esters is 1. The maximum Gasteiger partial charge on any atom is 0.326 e. The highest BCUT2D eigenvalue weighted by Crippen LogP contribution is 2.30. The van der Waals surface area contributed by atoms with Gasteiger partial charge in [0.2, 0.25) is 0 Å². The molecule has 0 bridgehead atoms. The Kier molecular flexibility index (Phi) is 4.74. The molecular weight excluding hydrogens is 410 g/mol. The van der Waals surface area contributed by atoms with E-state index in [1.165, 1.54) is 12.3 Å². The van der Waals surface area contributed by atoms with Crippen LogP contribution in [0.2, 0.25) is 0 Å². The predicted octanol–water partition coefficient (Wildman–Crippen LogP) is 1.10. The molecule has 10 nitrogen and oxygen atoms in total. The lowest BCUT2D eigenvalue weighted by molar-refractivity contribution is -0.143. The maximum atomic E-state index is 13.3. The molecule has 0 amide bonds. The van der Waals surface area contributed by atoms with Crippen LogP contribution in [0.15, 0.2) is 56.7 Å². The van der Waals surface area contributed by atoms with E-state index < -0.39 is 28.1 Å². The number of sulfonamides is 1. The smallest absolute Gasteiger partial charge is 0.326 e. The van der Waals surface area contributed by atoms with Crippen molar-refractivity contribution >= 4 is 44.2 Å². The van der Waals surface area contributed by atoms with Crippen LogP contribution in [0.3, 0.4) is 0 Å². The summed E-state index contributed by atoms with van der Waals surface area (Å²) in [5.41, 5.74) is 5.80. The second-order valence-electron chi connectivity index (χ2n) is 6.40. The number of nitrogens with zero attached hydrogens (tertiary/aromatic N) is 3. The van der Waals surface area contributed by atoms with Gasteiger partial charge in [0, 0.05) is 11.6 Å². The molecule has 1 aromatic carbocycles. The Hall–Kier alpha value is -3.73. The van der Waals surface area contributed by atoms with Crippen LogP contribution in [-0.2, 0) is 26.1 Å². The molecule has 0 aliphatic carbocycles. The van der Waals surface area contributed by atoms with Gasteiger partial charge in [0.15, 0.2) is 5.84 Å². The number of fused-ring (bicyclic) bond motifs is 2. The minimum atomic E-state index is -4.06. The Morgan fingerprint density at radius 1 is 1.23 bits per heavy atom. The highest BCUT2D eigenvalue weighted by atomic mass is 32.2. The summed E-state index contributed by atoms with van der Waals surface area (Å²) >= 11 is 0. The zero-order valence-electron chi connectivity index (χ0n) is 15.8. The number of amidine groups is 1. The third-order valence-corrected chi connectivity index (χ3v) is 5.85. The normalized spacial score (nSPS) is 14.5. The standard InChI is InChI=1S/C19H17N5O5S/c1-2-29-14(25)10-24-18-11(6-5-9-21-18)16(20)15(19(24)26)17-22-12-7-3-4-8-13(12)30(27,28)23-17/h3-9H,2,10,20H2,1H3,(H,22,23). The largest absolute Gasteiger partial charge is 0.465 e. The number of nitrogen functional groups attached to an aromatic ring is 1. The Balaban J connectivity index is 1.98. The summed E-state index contributed by atoms with van der Waals surface area (Å²) in [6, 6.07) is 9.41. The first-order valence-corrected chi connectivity index (χ1v) is 10.4. The fourth-order valence-corrected chi connectivity index (χ4v) is 4.36. The number of aromatic nitrogens is 2. The first-order valence-electron chi connectivity index (χ1n) is 8.97. The number of para-hydroxylation sites is 1. The monoisotopic (exact) mass is 427 g/mol. The molecule has 0 saturated carbocycles. The van der Waals surface area contributed by atoms with Gasteiger partial charge >= 0.3 is 5.97 Å². The lowest BCUT2D eigenvalue weighted by Gasteiger charge is -2.20. The van der Waals surface area contributed by atoms with E-state index in [1.807, 2.05) is 0 Å². The minimum absolute atomic E-state index is 0.00374. The third kappa shape index (κ3) is 3.18. The summed E-state index contributed by atoms with van der Waals surface area (Å²) < 4.78 is 35.1. The molecule has 1 aliphatic rings. The molecule has 2 aromatic heterocycles. The number of ether oxygens (including phenoxy) is 1. The molecular formula is C19H17N5O5S. The van der Waals surface area contributed by atoms with E-state index >= 15 is 0 Å². The second-order valence-corrected chi connectivity index (χ2v) is 7.97. The van der Waals surface area contributed by atoms with E-state index in [0.717, 1.165) is 4.57 Å². The van der Waals surface area contributed by atoms with Crippen LogP contribution in [0, 0.1) is 0 Å². The number of hydrogen-bond acceptors (Lipinski definition) is 8. The van der Waals surface area contributed by atoms with E-state index in [9.17, 15) is 18.0 Å². The van der Waals surface area contributed by atoms with Crippen LogP contribution in [0.1, 0.15) is 12.5 Å². The maximum absolute atomic E-state index is 13.3. The molecule has 1 aliphatic heterocycles. The highest BCUT2D eigenvalue weighted by molar-refractivity contribution is 7.90. The van der Waals surface area contributed by atoms with Gasteiger partial charge in [-0.3, -0.25) is 14.2 Å². The first-order chi connectivity index (χ1) is 14.3. The Labute approximate surface area is 171 Å². The van der Waals surface area contributed by atoms with Gasteiger partial charge in [0.25, 0.3) is 15.6 Å². The van der Waals surface area contributed by atoms with Crippen LogP contribution >= 0.6 is 0 Å². The molecule has 11 heteroatoms. The summed E-state index contributed by atoms with van der Waals surface area (Å²) in [6.07, 6.45) is 1.46. The summed E-state index contributed by atoms with van der Waals surface area (Å²) in [6.45, 7) is 1.38. The van der Waals surface area contributed by atoms with E-state index in [-0.39, 0.29) is 39.9 Å². The lowest BCUT2D eigenvalue weighted by atomic mass is 10.1. The molecule has 0 unspecified atom stereocenters. The molecule has 3 N–H and O–H groups in total. The fourth-order valence-electron chi connectivity index (χ4n) is 3.24. The Morgan fingerprint density at radius 2 is 2.00 bits per heavy atom. The molecule has 3 heterocycles. The van der Waals surface area contributed by atoms with Crippen molar-refractivity contribution in [2.75, 3.05) is 17.7 Å². The molecule has 0 atom stereocenters. The van der Waals surface area contributed by atoms with Crippen LogP contribution in [0.25, 0.3) is 11.0 Å². The van der Waals surface area contributed by atoms with Gasteiger partial charge in [-0.15, -0.1) is 4.40 Å². The van der Waals surface area contributed by atoms with Crippen LogP contribution in [-0.4, -0.2) is 36.4 Å². The lowest BCUT2D eigenvalue weighted by Crippen LogP contribution is -2.35. The second kappa shape index (κ2) is 7.26. The van der Waals surface area contributed by atoms with E-state index in [4.69, 9.17) is 10.5 Å². The number of carbonyl (C=O) groups excluding carboxylic acids is 1. The van der Waals surface area contributed by atoms with Gasteiger partial charge in [-0.05, 0) is 31.2 Å². The van der Waals surface area contributed by atoms with E-state index in [1.54, 1.807) is 37.3 Å². The van der Waals surface area contributed by atoms with Gasteiger partial charge in [-0.2, -0.15) is 8.42 Å². The van der Waals surface area contributed by atoms with Crippen molar-refractivity contribution < 1.29 is 17.9 Å². The number of rotatable bonds is 4. The summed E-state index contributed by atoms with van der Waals surface area (Å²) in [7, 11) is -4.06. The SMILES string of the molecule is CCOC(=O)Cn1c(=O)c(C2=NS(=O)(=O)c3ccccc3N2)c(N)c2cccnc21. The van der Waals surface area contributed by atoms with Gasteiger partial charge in [-0.1, -0.05) is 12.1 Å². The number of benzene rings is 1. The number of nitrogens with two attached hydrogens (primary N) is 1. The number of nitrogens with one attached hydrogen (secondary N) is 1. The van der Waals surface area contributed by atoms with Gasteiger partial charge in [0.05, 0.1) is 18.0 Å². The Bertz CT molecular complexity index is 1380. The van der Waals surface area contributed by atoms with Crippen molar-refractivity contribution in [3.05, 3.63) is 58.5 Å². The Morgan fingerprint density at radius 3 is 2.77 bits per heavy atom. The minimum Gasteiger partial charge on any atom is -0.465 e. The number of hydrogen-bond donors (Lipinski definition) is 2. The number of carbonyl (C=O) groups is 1. The number of anilines is 2. The fraction of sp³-hybridized carbons (Fsp3) is 0.158. The van der Waals surface area contributed by atoms with E-state index in [0.29, 0.717) is 5.39 Å². The van der Waals surface area contributed by atoms with Crippen LogP contribution in [0.4, 0.5) is 11.4 Å². The van der Waals surface area contributed by atoms with Gasteiger partial charge in [-0.25, -0.2) is 4.98 Å². The average Bonchev–Trinajstić information content (AvgIpc) is 2.71. The van der Waals surface area contributed by atoms with Crippen molar-refractivity contribution in [2.45, 2.75) is 18.4 Å². The van der Waals surface area contributed by atoms with Crippen molar-refractivity contribution in [3.8, 4) is 0 Å².